The Balaban J connectivity index is 3.05. The van der Waals surface area contributed by atoms with E-state index in [0.717, 1.165) is 0 Å². The molecule has 1 aliphatic heterocycles. The molecule has 0 saturated heterocycles. The third-order valence-electron chi connectivity index (χ3n) is 1.82. The SMILES string of the molecule is O=C(O)C1=C(OS(=O)(=O)C(F)(F)F)COCC1. The van der Waals surface area contributed by atoms with Gasteiger partial charge in [-0.25, -0.2) is 4.79 Å². The smallest absolute Gasteiger partial charge is 0.478 e. The van der Waals surface area contributed by atoms with Crippen molar-refractivity contribution in [3.8, 4) is 0 Å². The first-order valence-electron chi connectivity index (χ1n) is 4.19. The number of hydrogen-bond acceptors (Lipinski definition) is 5. The number of alkyl halides is 3. The number of hydrogen-bond donors (Lipinski definition) is 1. The maximum atomic E-state index is 12.0. The zero-order valence-electron chi connectivity index (χ0n) is 8.15. The number of rotatable bonds is 3. The molecule has 98 valence electrons. The molecule has 0 spiro atoms. The van der Waals surface area contributed by atoms with E-state index >= 15 is 0 Å². The van der Waals surface area contributed by atoms with Gasteiger partial charge in [0.1, 0.15) is 6.61 Å². The predicted molar refractivity (Wildman–Crippen MR) is 46.2 cm³/mol. The second-order valence-electron chi connectivity index (χ2n) is 2.99. The molecule has 1 aliphatic rings. The molecular formula is C7H7F3O6S. The maximum absolute atomic E-state index is 12.0. The lowest BCUT2D eigenvalue weighted by Crippen LogP contribution is -2.28. The number of halogens is 3. The summed E-state index contributed by atoms with van der Waals surface area (Å²) in [7, 11) is -5.86. The Hall–Kier alpha value is -1.29. The van der Waals surface area contributed by atoms with Gasteiger partial charge in [-0.1, -0.05) is 0 Å². The molecule has 1 rings (SSSR count). The molecule has 6 nitrogen and oxygen atoms in total. The van der Waals surface area contributed by atoms with Crippen LogP contribution >= 0.6 is 0 Å². The van der Waals surface area contributed by atoms with Crippen LogP contribution in [0, 0.1) is 0 Å². The molecular weight excluding hydrogens is 269 g/mol. The minimum atomic E-state index is -5.86. The summed E-state index contributed by atoms with van der Waals surface area (Å²) in [5, 5.41) is 8.64. The Bertz CT molecular complexity index is 449. The normalized spacial score (nSPS) is 18.1. The van der Waals surface area contributed by atoms with Crippen LogP contribution in [-0.2, 0) is 23.8 Å². The molecule has 0 bridgehead atoms. The highest BCUT2D eigenvalue weighted by Gasteiger charge is 2.49. The number of carboxylic acid groups (broad SMARTS) is 1. The van der Waals surface area contributed by atoms with E-state index in [-0.39, 0.29) is 13.0 Å². The highest BCUT2D eigenvalue weighted by Crippen LogP contribution is 2.29. The number of carbonyl (C=O) groups is 1. The molecule has 1 heterocycles. The van der Waals surface area contributed by atoms with E-state index in [4.69, 9.17) is 5.11 Å². The summed E-state index contributed by atoms with van der Waals surface area (Å²) in [4.78, 5) is 10.6. The number of carboxylic acids is 1. The van der Waals surface area contributed by atoms with Gasteiger partial charge < -0.3 is 14.0 Å². The Labute approximate surface area is 93.7 Å². The van der Waals surface area contributed by atoms with E-state index in [9.17, 15) is 26.4 Å². The van der Waals surface area contributed by atoms with E-state index in [1.165, 1.54) is 0 Å². The van der Waals surface area contributed by atoms with Gasteiger partial charge in [-0.3, -0.25) is 0 Å². The van der Waals surface area contributed by atoms with Crippen molar-refractivity contribution in [3.63, 3.8) is 0 Å². The average molecular weight is 276 g/mol. The van der Waals surface area contributed by atoms with Crippen molar-refractivity contribution in [1.29, 1.82) is 0 Å². The first-order valence-corrected chi connectivity index (χ1v) is 5.60. The molecule has 0 atom stereocenters. The fourth-order valence-corrected chi connectivity index (χ4v) is 1.55. The fourth-order valence-electron chi connectivity index (χ4n) is 1.05. The van der Waals surface area contributed by atoms with Gasteiger partial charge in [0.05, 0.1) is 12.2 Å². The number of ether oxygens (including phenoxy) is 1. The quantitative estimate of drug-likeness (QED) is 0.600. The zero-order valence-corrected chi connectivity index (χ0v) is 8.97. The van der Waals surface area contributed by atoms with Crippen LogP contribution < -0.4 is 0 Å². The Morgan fingerprint density at radius 1 is 1.41 bits per heavy atom. The molecule has 0 fully saturated rings. The van der Waals surface area contributed by atoms with Gasteiger partial charge in [0.25, 0.3) is 0 Å². The molecule has 10 heteroatoms. The second kappa shape index (κ2) is 4.53. The summed E-state index contributed by atoms with van der Waals surface area (Å²) >= 11 is 0. The summed E-state index contributed by atoms with van der Waals surface area (Å²) in [5.74, 6) is -2.39. The highest BCUT2D eigenvalue weighted by molar-refractivity contribution is 7.87. The van der Waals surface area contributed by atoms with Crippen molar-refractivity contribution in [1.82, 2.24) is 0 Å². The van der Waals surface area contributed by atoms with Gasteiger partial charge in [0.2, 0.25) is 0 Å². The van der Waals surface area contributed by atoms with Crippen molar-refractivity contribution in [2.45, 2.75) is 11.9 Å². The van der Waals surface area contributed by atoms with E-state index in [0.29, 0.717) is 0 Å². The van der Waals surface area contributed by atoms with Crippen LogP contribution in [0.4, 0.5) is 13.2 Å². The molecule has 0 aromatic rings. The van der Waals surface area contributed by atoms with Crippen molar-refractivity contribution < 1.29 is 40.4 Å². The lowest BCUT2D eigenvalue weighted by Gasteiger charge is -2.18. The lowest BCUT2D eigenvalue weighted by atomic mass is 10.1. The van der Waals surface area contributed by atoms with Crippen LogP contribution in [0.25, 0.3) is 0 Å². The molecule has 0 unspecified atom stereocenters. The van der Waals surface area contributed by atoms with Crippen molar-refractivity contribution in [2.24, 2.45) is 0 Å². The van der Waals surface area contributed by atoms with Crippen LogP contribution in [0.5, 0.6) is 0 Å². The summed E-state index contributed by atoms with van der Waals surface area (Å²) in [6.07, 6.45) is -0.224. The molecule has 0 saturated carbocycles. The van der Waals surface area contributed by atoms with Crippen LogP contribution in [-0.4, -0.2) is 38.2 Å². The van der Waals surface area contributed by atoms with Gasteiger partial charge in [0.15, 0.2) is 5.76 Å². The van der Waals surface area contributed by atoms with Crippen LogP contribution in [0.1, 0.15) is 6.42 Å². The maximum Gasteiger partial charge on any atom is 0.534 e. The largest absolute Gasteiger partial charge is 0.534 e. The van der Waals surface area contributed by atoms with E-state index in [1.54, 1.807) is 0 Å². The zero-order chi connectivity index (χ0) is 13.3. The molecule has 0 aromatic heterocycles. The first kappa shape index (κ1) is 13.8. The summed E-state index contributed by atoms with van der Waals surface area (Å²) in [5.41, 5.74) is -6.15. The van der Waals surface area contributed by atoms with Gasteiger partial charge in [0, 0.05) is 6.42 Å². The number of aliphatic carboxylic acids is 1. The third kappa shape index (κ3) is 3.09. The molecule has 1 N–H and O–H groups in total. The molecule has 17 heavy (non-hydrogen) atoms. The lowest BCUT2D eigenvalue weighted by molar-refractivity contribution is -0.133. The van der Waals surface area contributed by atoms with E-state index in [2.05, 4.69) is 8.92 Å². The Morgan fingerprint density at radius 3 is 2.47 bits per heavy atom. The van der Waals surface area contributed by atoms with Crippen molar-refractivity contribution in [3.05, 3.63) is 11.3 Å². The van der Waals surface area contributed by atoms with Gasteiger partial charge >= 0.3 is 21.6 Å². The Kier molecular flexibility index (Phi) is 3.67. The highest BCUT2D eigenvalue weighted by atomic mass is 32.2. The van der Waals surface area contributed by atoms with Gasteiger partial charge in [-0.15, -0.1) is 0 Å². The molecule has 0 aromatic carbocycles. The summed E-state index contributed by atoms with van der Waals surface area (Å²) < 4.78 is 65.7. The van der Waals surface area contributed by atoms with Crippen LogP contribution in [0.3, 0.4) is 0 Å². The van der Waals surface area contributed by atoms with Crippen LogP contribution in [0.15, 0.2) is 11.3 Å². The van der Waals surface area contributed by atoms with Gasteiger partial charge in [-0.05, 0) is 0 Å². The monoisotopic (exact) mass is 276 g/mol. The molecule has 0 radical (unpaired) electrons. The van der Waals surface area contributed by atoms with Crippen molar-refractivity contribution in [2.75, 3.05) is 13.2 Å². The second-order valence-corrected chi connectivity index (χ2v) is 4.53. The summed E-state index contributed by atoms with van der Waals surface area (Å²) in [6, 6.07) is 0. The van der Waals surface area contributed by atoms with Crippen molar-refractivity contribution >= 4 is 16.1 Å². The standard InChI is InChI=1S/C7H7F3O6S/c8-7(9,10)17(13,14)16-5-3-15-2-1-4(5)6(11)12/h1-3H2,(H,11,12). The van der Waals surface area contributed by atoms with E-state index < -0.39 is 39.5 Å². The predicted octanol–water partition coefficient (Wildman–Crippen LogP) is 0.612. The third-order valence-corrected chi connectivity index (χ3v) is 2.81. The molecule has 0 aliphatic carbocycles. The Morgan fingerprint density at radius 2 is 2.00 bits per heavy atom. The van der Waals surface area contributed by atoms with E-state index in [1.807, 2.05) is 0 Å². The topological polar surface area (TPSA) is 89.9 Å². The fraction of sp³-hybridized carbons (Fsp3) is 0.571. The summed E-state index contributed by atoms with van der Waals surface area (Å²) in [6.45, 7) is -0.655. The van der Waals surface area contributed by atoms with Gasteiger partial charge in [-0.2, -0.15) is 21.6 Å². The first-order chi connectivity index (χ1) is 7.65. The minimum absolute atomic E-state index is 0.0272. The molecule has 0 amide bonds. The minimum Gasteiger partial charge on any atom is -0.478 e. The van der Waals surface area contributed by atoms with Crippen LogP contribution in [0.2, 0.25) is 0 Å². The average Bonchev–Trinajstić information content (AvgIpc) is 2.15.